The summed E-state index contributed by atoms with van der Waals surface area (Å²) < 4.78 is 64.0. The minimum atomic E-state index is -2.23. The largest absolute Gasteiger partial charge is 0.508 e. The van der Waals surface area contributed by atoms with Gasteiger partial charge in [0.15, 0.2) is 16.6 Å². The quantitative estimate of drug-likeness (QED) is 0.0239. The van der Waals surface area contributed by atoms with Crippen LogP contribution in [0.25, 0.3) is 0 Å². The van der Waals surface area contributed by atoms with Crippen molar-refractivity contribution in [3.63, 3.8) is 0 Å². The summed E-state index contributed by atoms with van der Waals surface area (Å²) in [6, 6.07) is 2.26. The van der Waals surface area contributed by atoms with E-state index in [0.717, 1.165) is 209 Å². The van der Waals surface area contributed by atoms with Crippen LogP contribution >= 0.6 is 11.8 Å². The van der Waals surface area contributed by atoms with Crippen molar-refractivity contribution >= 4 is 78.9 Å². The Bertz CT molecular complexity index is 2550. The molecule has 0 bridgehead atoms. The number of thioether (sulfide) groups is 1. The minimum absolute atomic E-state index is 0.0802. The molecule has 6 rings (SSSR count). The predicted octanol–water partition coefficient (Wildman–Crippen LogP) is 21.6. The molecule has 6 aliphatic rings. The zero-order valence-electron chi connectivity index (χ0n) is 70.5. The first-order chi connectivity index (χ1) is 52.3. The highest BCUT2D eigenvalue weighted by Gasteiger charge is 2.41. The average molecular weight is 1610 g/mol. The van der Waals surface area contributed by atoms with E-state index in [9.17, 15) is 33.6 Å². The van der Waals surface area contributed by atoms with Crippen molar-refractivity contribution in [3.8, 4) is 0 Å². The second-order valence-corrected chi connectivity index (χ2v) is 50.5. The fraction of sp³-hybridized carbons (Fsp3) is 0.920. The summed E-state index contributed by atoms with van der Waals surface area (Å²) in [6.07, 6.45) is 43.8. The van der Waals surface area contributed by atoms with Gasteiger partial charge in [-0.1, -0.05) is 104 Å². The van der Waals surface area contributed by atoms with Crippen LogP contribution in [-0.2, 0) is 79.6 Å². The highest BCUT2D eigenvalue weighted by molar-refractivity contribution is 7.99. The van der Waals surface area contributed by atoms with Crippen molar-refractivity contribution in [2.75, 3.05) is 78.6 Å². The average Bonchev–Trinajstić information content (AvgIpc) is 0.855. The zero-order chi connectivity index (χ0) is 78.8. The van der Waals surface area contributed by atoms with E-state index in [4.69, 9.17) is 50.9 Å². The van der Waals surface area contributed by atoms with E-state index in [2.05, 4.69) is 53.1 Å². The number of unbranched alkanes of at least 4 members (excludes halogenated alkanes) is 7. The van der Waals surface area contributed by atoms with Gasteiger partial charge in [0, 0.05) is 45.1 Å². The molecule has 109 heavy (non-hydrogen) atoms. The topological polar surface area (TPSA) is 221 Å². The molecule has 6 aliphatic carbocycles. The van der Waals surface area contributed by atoms with Gasteiger partial charge in [-0.25, -0.2) is 4.79 Å². The van der Waals surface area contributed by atoms with Crippen LogP contribution in [0.4, 0.5) is 4.79 Å². The maximum atomic E-state index is 13.7. The van der Waals surface area contributed by atoms with Gasteiger partial charge in [-0.05, 0) is 294 Å². The Labute approximate surface area is 668 Å². The van der Waals surface area contributed by atoms with Crippen molar-refractivity contribution in [2.24, 2.45) is 76.4 Å². The fourth-order valence-corrected chi connectivity index (χ4v) is 35.3. The monoisotopic (exact) mass is 1610 g/mol. The molecule has 0 aromatic rings. The van der Waals surface area contributed by atoms with Gasteiger partial charge < -0.3 is 50.9 Å². The van der Waals surface area contributed by atoms with Crippen LogP contribution in [0, 0.1) is 76.4 Å². The van der Waals surface area contributed by atoms with Crippen molar-refractivity contribution in [2.45, 2.75) is 354 Å². The summed E-state index contributed by atoms with van der Waals surface area (Å²) in [6.45, 7) is 20.9. The molecule has 0 aliphatic heterocycles. The highest BCUT2D eigenvalue weighted by atomic mass is 32.2. The van der Waals surface area contributed by atoms with E-state index in [1.165, 1.54) is 90.9 Å². The maximum absolute atomic E-state index is 13.7. The molecule has 0 N–H and O–H groups in total. The Morgan fingerprint density at radius 1 is 0.321 bits per heavy atom. The Balaban J connectivity index is 0.764. The highest BCUT2D eigenvalue weighted by Crippen LogP contribution is 2.44. The van der Waals surface area contributed by atoms with Crippen LogP contribution in [0.2, 0.25) is 51.4 Å². The van der Waals surface area contributed by atoms with Gasteiger partial charge in [-0.2, -0.15) is 11.8 Å². The molecule has 1 unspecified atom stereocenters. The Morgan fingerprint density at radius 3 is 0.927 bits per heavy atom. The standard InChI is InChI=1S/C87H156O18SSi3/c1-11-13-54-107(5,6)104-109(9,10)105-108(7,8)55-53-106-52-22-47-97-65-87(12-2,66-102-84(92)63-78-43-31-72(32-44-78)57-69-25-37-75(38-26-69)60-81(89)96-4)67-103-85(93)64-79-45-33-73(34-46-79)58-71-29-41-77(42-30-71)62-83(91)99-49-19-15-17-21-51-101-86(94)100-50-20-16-14-18-48-98-82(90)61-76-39-27-70(28-40-76)56-68-23-35-74(36-24-68)59-80(88)95-3/h68-79H,11-67H2,1-10H3. The van der Waals surface area contributed by atoms with Crippen LogP contribution in [-0.4, -0.2) is 146 Å². The summed E-state index contributed by atoms with van der Waals surface area (Å²) in [5.74, 6) is 8.05. The summed E-state index contributed by atoms with van der Waals surface area (Å²) in [4.78, 5) is 88.4. The number of ether oxygens (including phenoxy) is 9. The number of carbonyl (C=O) groups excluding carboxylic acids is 7. The minimum Gasteiger partial charge on any atom is -0.469 e. The Kier molecular flexibility index (Phi) is 45.7. The van der Waals surface area contributed by atoms with E-state index in [1.807, 2.05) is 11.8 Å². The predicted molar refractivity (Wildman–Crippen MR) is 441 cm³/mol. The first kappa shape index (κ1) is 94.8. The van der Waals surface area contributed by atoms with Crippen LogP contribution in [0.3, 0.4) is 0 Å². The van der Waals surface area contributed by atoms with Crippen molar-refractivity contribution < 1.29 is 84.4 Å². The van der Waals surface area contributed by atoms with Gasteiger partial charge >= 0.3 is 50.5 Å². The van der Waals surface area contributed by atoms with E-state index < -0.39 is 36.8 Å². The van der Waals surface area contributed by atoms with Crippen molar-refractivity contribution in [1.29, 1.82) is 0 Å². The molecule has 0 aromatic carbocycles. The molecule has 0 spiro atoms. The molecular weight excluding hydrogens is 1450 g/mol. The van der Waals surface area contributed by atoms with Gasteiger partial charge in [-0.3, -0.25) is 28.8 Å². The second kappa shape index (κ2) is 52.5. The molecule has 22 heteroatoms. The summed E-state index contributed by atoms with van der Waals surface area (Å²) in [5, 5.41) is 0. The first-order valence-corrected chi connectivity index (χ1v) is 54.6. The second-order valence-electron chi connectivity index (χ2n) is 36.8. The van der Waals surface area contributed by atoms with Crippen LogP contribution < -0.4 is 0 Å². The molecule has 0 aromatic heterocycles. The molecule has 1 atom stereocenters. The summed E-state index contributed by atoms with van der Waals surface area (Å²) in [7, 11) is -2.94. The molecule has 0 radical (unpaired) electrons. The summed E-state index contributed by atoms with van der Waals surface area (Å²) >= 11 is 1.96. The summed E-state index contributed by atoms with van der Waals surface area (Å²) in [5.41, 5.74) is -0.631. The van der Waals surface area contributed by atoms with Crippen LogP contribution in [0.15, 0.2) is 0 Å². The van der Waals surface area contributed by atoms with Gasteiger partial charge in [0.1, 0.15) is 13.2 Å². The molecule has 0 heterocycles. The number of carbonyl (C=O) groups is 7. The van der Waals surface area contributed by atoms with E-state index in [0.29, 0.717) is 138 Å². The lowest BCUT2D eigenvalue weighted by Crippen LogP contribution is -2.52. The van der Waals surface area contributed by atoms with Crippen LogP contribution in [0.1, 0.15) is 303 Å². The van der Waals surface area contributed by atoms with Gasteiger partial charge in [-0.15, -0.1) is 0 Å². The molecule has 0 saturated heterocycles. The number of hydrogen-bond acceptors (Lipinski definition) is 19. The van der Waals surface area contributed by atoms with Gasteiger partial charge in [0.2, 0.25) is 0 Å². The van der Waals surface area contributed by atoms with Gasteiger partial charge in [0.05, 0.1) is 52.7 Å². The third-order valence-corrected chi connectivity index (χ3v) is 38.7. The SMILES string of the molecule is CCCC[Si](C)(C)O[Si](C)(C)O[Si](C)(C)CCSCCCOCC(CC)(COC(=O)CC1CCC(CC2CCC(CC(=O)OC)CC2)CC1)COC(=O)CC1CCC(CC2CCC(CC(=O)OCCCCCCOC(=O)OCCCCCCOC(=O)CC3CCC(CC4CCC(CC(=O)OC)CC4)CC3)CC2)CC1. The first-order valence-electron chi connectivity index (χ1n) is 44.4. The Hall–Kier alpha value is -3.03. The number of hydrogen-bond donors (Lipinski definition) is 0. The normalized spacial score (nSPS) is 25.6. The maximum Gasteiger partial charge on any atom is 0.508 e. The molecular formula is C87H156O18SSi3. The van der Waals surface area contributed by atoms with Crippen molar-refractivity contribution in [1.82, 2.24) is 0 Å². The van der Waals surface area contributed by atoms with Crippen LogP contribution in [0.5, 0.6) is 0 Å². The smallest absolute Gasteiger partial charge is 0.469 e. The number of methoxy groups -OCH3 is 2. The van der Waals surface area contributed by atoms with E-state index >= 15 is 0 Å². The van der Waals surface area contributed by atoms with E-state index in [1.54, 1.807) is 0 Å². The lowest BCUT2D eigenvalue weighted by molar-refractivity contribution is -0.159. The van der Waals surface area contributed by atoms with Gasteiger partial charge in [0.25, 0.3) is 0 Å². The lowest BCUT2D eigenvalue weighted by Gasteiger charge is -2.38. The molecule has 18 nitrogen and oxygen atoms in total. The number of rotatable bonds is 53. The van der Waals surface area contributed by atoms with E-state index in [-0.39, 0.29) is 49.0 Å². The third kappa shape index (κ3) is 41.4. The lowest BCUT2D eigenvalue weighted by atomic mass is 9.72. The zero-order valence-corrected chi connectivity index (χ0v) is 74.3. The molecule has 6 saturated carbocycles. The fourth-order valence-electron chi connectivity index (χ4n) is 19.0. The number of esters is 6. The molecule has 6 fully saturated rings. The Morgan fingerprint density at radius 2 is 0.615 bits per heavy atom. The van der Waals surface area contributed by atoms with Crippen molar-refractivity contribution in [3.05, 3.63) is 0 Å². The molecule has 0 amide bonds. The molecule has 630 valence electrons. The third-order valence-electron chi connectivity index (χ3n) is 25.9.